The lowest BCUT2D eigenvalue weighted by Gasteiger charge is -2.15. The summed E-state index contributed by atoms with van der Waals surface area (Å²) >= 11 is 0. The lowest BCUT2D eigenvalue weighted by Crippen LogP contribution is -2.31. The van der Waals surface area contributed by atoms with Gasteiger partial charge in [0, 0.05) is 24.7 Å². The Bertz CT molecular complexity index is 891. The topological polar surface area (TPSA) is 82.6 Å². The maximum absolute atomic E-state index is 5.81. The number of rotatable bonds is 9. The smallest absolute Gasteiger partial charge is 0.203 e. The molecule has 1 aliphatic heterocycles. The molecule has 0 aromatic heterocycles. The number of aliphatic imine (C=N–C) groups is 1. The Hall–Kier alpha value is -3.29. The third-order valence-corrected chi connectivity index (χ3v) is 4.98. The second kappa shape index (κ2) is 11.9. The van der Waals surface area contributed by atoms with Crippen LogP contribution in [0.4, 0.5) is 5.69 Å². The van der Waals surface area contributed by atoms with Gasteiger partial charge < -0.3 is 34.3 Å². The van der Waals surface area contributed by atoms with E-state index in [4.69, 9.17) is 28.7 Å². The van der Waals surface area contributed by atoms with E-state index >= 15 is 0 Å². The predicted octanol–water partition coefficient (Wildman–Crippen LogP) is 4.23. The molecule has 2 aromatic rings. The fourth-order valence-electron chi connectivity index (χ4n) is 3.30. The van der Waals surface area contributed by atoms with Crippen LogP contribution in [0.15, 0.2) is 35.3 Å². The number of methoxy groups -OCH3 is 3. The predicted molar refractivity (Wildman–Crippen MR) is 126 cm³/mol. The first kappa shape index (κ1) is 23.4. The summed E-state index contributed by atoms with van der Waals surface area (Å²) in [6.45, 7) is 4.73. The highest BCUT2D eigenvalue weighted by Gasteiger charge is 2.14. The minimum Gasteiger partial charge on any atom is -0.493 e. The summed E-state index contributed by atoms with van der Waals surface area (Å²) in [6, 6.07) is 9.64. The van der Waals surface area contributed by atoms with E-state index in [2.05, 4.69) is 17.6 Å². The molecule has 0 unspecified atom stereocenters. The van der Waals surface area contributed by atoms with Gasteiger partial charge in [0.05, 0.1) is 41.1 Å². The molecule has 2 aromatic carbocycles. The molecule has 0 amide bonds. The molecule has 3 rings (SSSR count). The van der Waals surface area contributed by atoms with Crippen LogP contribution in [0.3, 0.4) is 0 Å². The maximum atomic E-state index is 5.81. The largest absolute Gasteiger partial charge is 0.493 e. The fraction of sp³-hybridized carbons (Fsp3) is 0.458. The van der Waals surface area contributed by atoms with Gasteiger partial charge in [-0.1, -0.05) is 13.3 Å². The van der Waals surface area contributed by atoms with Crippen molar-refractivity contribution in [2.75, 3.05) is 46.4 Å². The van der Waals surface area contributed by atoms with Gasteiger partial charge in [0.25, 0.3) is 0 Å². The van der Waals surface area contributed by atoms with E-state index in [1.165, 1.54) is 0 Å². The summed E-state index contributed by atoms with van der Waals surface area (Å²) in [5.74, 6) is 3.96. The molecule has 0 radical (unpaired) electrons. The SMILES string of the molecule is CCCCNC(=NCc1cc(OC)c(OC)c(OC)c1)Nc1ccc2c(c1)OCCCO2. The molecule has 8 nitrogen and oxygen atoms in total. The zero-order chi connectivity index (χ0) is 22.8. The van der Waals surface area contributed by atoms with Crippen molar-refractivity contribution < 1.29 is 23.7 Å². The Kier molecular flexibility index (Phi) is 8.71. The Balaban J connectivity index is 1.80. The Morgan fingerprint density at radius 1 is 0.969 bits per heavy atom. The molecule has 0 bridgehead atoms. The van der Waals surface area contributed by atoms with Gasteiger partial charge >= 0.3 is 0 Å². The summed E-state index contributed by atoms with van der Waals surface area (Å²) in [5.41, 5.74) is 1.82. The molecule has 0 aliphatic carbocycles. The summed E-state index contributed by atoms with van der Waals surface area (Å²) in [5, 5.41) is 6.77. The van der Waals surface area contributed by atoms with Gasteiger partial charge in [0.15, 0.2) is 29.0 Å². The van der Waals surface area contributed by atoms with Gasteiger partial charge in [0.1, 0.15) is 0 Å². The number of ether oxygens (including phenoxy) is 5. The quantitative estimate of drug-likeness (QED) is 0.341. The molecule has 8 heteroatoms. The van der Waals surface area contributed by atoms with Crippen LogP contribution < -0.4 is 34.3 Å². The molecular weight excluding hydrogens is 410 g/mol. The van der Waals surface area contributed by atoms with Crippen LogP contribution in [-0.2, 0) is 6.54 Å². The van der Waals surface area contributed by atoms with Crippen LogP contribution in [-0.4, -0.2) is 47.0 Å². The highest BCUT2D eigenvalue weighted by atomic mass is 16.5. The van der Waals surface area contributed by atoms with E-state index in [0.717, 1.165) is 48.6 Å². The molecule has 32 heavy (non-hydrogen) atoms. The molecule has 0 saturated heterocycles. The van der Waals surface area contributed by atoms with Crippen LogP contribution in [0.25, 0.3) is 0 Å². The Morgan fingerprint density at radius 2 is 1.69 bits per heavy atom. The summed E-state index contributed by atoms with van der Waals surface area (Å²) in [4.78, 5) is 4.77. The van der Waals surface area contributed by atoms with Gasteiger partial charge in [-0.15, -0.1) is 0 Å². The van der Waals surface area contributed by atoms with Crippen molar-refractivity contribution in [1.29, 1.82) is 0 Å². The van der Waals surface area contributed by atoms with Crippen molar-refractivity contribution >= 4 is 11.6 Å². The van der Waals surface area contributed by atoms with Crippen molar-refractivity contribution in [3.63, 3.8) is 0 Å². The molecule has 1 heterocycles. The van der Waals surface area contributed by atoms with E-state index < -0.39 is 0 Å². The molecular formula is C24H33N3O5. The zero-order valence-electron chi connectivity index (χ0n) is 19.3. The average Bonchev–Trinajstić information content (AvgIpc) is 3.06. The van der Waals surface area contributed by atoms with Crippen molar-refractivity contribution in [3.05, 3.63) is 35.9 Å². The number of hydrogen-bond acceptors (Lipinski definition) is 6. The standard InChI is InChI=1S/C24H33N3O5/c1-5-6-10-25-24(27-18-8-9-19-20(15-18)32-12-7-11-31-19)26-16-17-13-21(28-2)23(30-4)22(14-17)29-3/h8-9,13-15H,5-7,10-12,16H2,1-4H3,(H2,25,26,27). The van der Waals surface area contributed by atoms with Gasteiger partial charge in [0.2, 0.25) is 5.75 Å². The number of nitrogens with zero attached hydrogens (tertiary/aromatic N) is 1. The monoisotopic (exact) mass is 443 g/mol. The van der Waals surface area contributed by atoms with E-state index in [-0.39, 0.29) is 0 Å². The van der Waals surface area contributed by atoms with Crippen LogP contribution in [0, 0.1) is 0 Å². The number of benzene rings is 2. The second-order valence-electron chi connectivity index (χ2n) is 7.32. The van der Waals surface area contributed by atoms with Crippen molar-refractivity contribution in [2.24, 2.45) is 4.99 Å². The lowest BCUT2D eigenvalue weighted by atomic mass is 10.2. The Labute approximate surface area is 189 Å². The van der Waals surface area contributed by atoms with E-state index in [1.54, 1.807) is 21.3 Å². The van der Waals surface area contributed by atoms with Gasteiger partial charge in [-0.3, -0.25) is 0 Å². The minimum absolute atomic E-state index is 0.433. The highest BCUT2D eigenvalue weighted by Crippen LogP contribution is 2.38. The first-order valence-electron chi connectivity index (χ1n) is 10.9. The third-order valence-electron chi connectivity index (χ3n) is 4.98. The molecule has 0 fully saturated rings. The van der Waals surface area contributed by atoms with Crippen molar-refractivity contribution in [2.45, 2.75) is 32.7 Å². The zero-order valence-corrected chi connectivity index (χ0v) is 19.3. The van der Waals surface area contributed by atoms with Crippen LogP contribution in [0.5, 0.6) is 28.7 Å². The second-order valence-corrected chi connectivity index (χ2v) is 7.32. The van der Waals surface area contributed by atoms with Crippen LogP contribution in [0.2, 0.25) is 0 Å². The number of guanidine groups is 1. The van der Waals surface area contributed by atoms with E-state index in [9.17, 15) is 0 Å². The molecule has 0 atom stereocenters. The fourth-order valence-corrected chi connectivity index (χ4v) is 3.30. The highest BCUT2D eigenvalue weighted by molar-refractivity contribution is 5.94. The van der Waals surface area contributed by atoms with Gasteiger partial charge in [-0.2, -0.15) is 0 Å². The Morgan fingerprint density at radius 3 is 2.34 bits per heavy atom. The van der Waals surface area contributed by atoms with Crippen LogP contribution >= 0.6 is 0 Å². The maximum Gasteiger partial charge on any atom is 0.203 e. The first-order valence-corrected chi connectivity index (χ1v) is 10.9. The number of hydrogen-bond donors (Lipinski definition) is 2. The molecule has 0 saturated carbocycles. The van der Waals surface area contributed by atoms with E-state index in [1.807, 2.05) is 30.3 Å². The molecule has 1 aliphatic rings. The molecule has 174 valence electrons. The van der Waals surface area contributed by atoms with Crippen molar-refractivity contribution in [1.82, 2.24) is 5.32 Å². The van der Waals surface area contributed by atoms with E-state index in [0.29, 0.717) is 43.0 Å². The minimum atomic E-state index is 0.433. The number of fused-ring (bicyclic) bond motifs is 1. The lowest BCUT2D eigenvalue weighted by molar-refractivity contribution is 0.297. The summed E-state index contributed by atoms with van der Waals surface area (Å²) in [6.07, 6.45) is 3.01. The number of anilines is 1. The number of unbranched alkanes of at least 4 members (excludes halogenated alkanes) is 1. The normalized spacial score (nSPS) is 13.2. The molecule has 0 spiro atoms. The number of nitrogens with one attached hydrogen (secondary N) is 2. The summed E-state index contributed by atoms with van der Waals surface area (Å²) < 4.78 is 27.8. The van der Waals surface area contributed by atoms with Crippen molar-refractivity contribution in [3.8, 4) is 28.7 Å². The van der Waals surface area contributed by atoms with Gasteiger partial charge in [-0.05, 0) is 36.2 Å². The van der Waals surface area contributed by atoms with Crippen LogP contribution in [0.1, 0.15) is 31.7 Å². The average molecular weight is 444 g/mol. The third kappa shape index (κ3) is 6.12. The molecule has 2 N–H and O–H groups in total. The first-order chi connectivity index (χ1) is 15.7. The van der Waals surface area contributed by atoms with Gasteiger partial charge in [-0.25, -0.2) is 4.99 Å². The summed E-state index contributed by atoms with van der Waals surface area (Å²) in [7, 11) is 4.80.